The van der Waals surface area contributed by atoms with Crippen LogP contribution in [0.25, 0.3) is 0 Å². The van der Waals surface area contributed by atoms with Crippen molar-refractivity contribution < 1.29 is 9.59 Å². The molecule has 0 unspecified atom stereocenters. The van der Waals surface area contributed by atoms with Crippen molar-refractivity contribution in [1.29, 1.82) is 0 Å². The fraction of sp³-hybridized carbons (Fsp3) is 0.800. The van der Waals surface area contributed by atoms with Crippen LogP contribution in [0, 0.1) is 0 Å². The van der Waals surface area contributed by atoms with Crippen molar-refractivity contribution in [3.05, 3.63) is 0 Å². The maximum absolute atomic E-state index is 11.7. The van der Waals surface area contributed by atoms with Gasteiger partial charge in [0, 0.05) is 13.1 Å². The SMILES string of the molecule is CNCC(=O)N(C[C]=O)N1CCCCC1. The molecule has 1 fully saturated rings. The first-order valence-electron chi connectivity index (χ1n) is 5.34. The Morgan fingerprint density at radius 2 is 2.07 bits per heavy atom. The number of nitrogens with zero attached hydrogens (tertiary/aromatic N) is 2. The molecule has 5 heteroatoms. The van der Waals surface area contributed by atoms with Gasteiger partial charge < -0.3 is 5.32 Å². The van der Waals surface area contributed by atoms with Gasteiger partial charge in [-0.05, 0) is 19.9 Å². The van der Waals surface area contributed by atoms with E-state index >= 15 is 0 Å². The molecule has 0 aliphatic carbocycles. The molecule has 1 aliphatic heterocycles. The second-order valence-electron chi connectivity index (χ2n) is 3.64. The molecule has 0 aromatic rings. The lowest BCUT2D eigenvalue weighted by molar-refractivity contribution is -0.147. The fourth-order valence-corrected chi connectivity index (χ4v) is 1.77. The van der Waals surface area contributed by atoms with Crippen molar-refractivity contribution in [2.24, 2.45) is 0 Å². The van der Waals surface area contributed by atoms with Gasteiger partial charge in [0.15, 0.2) is 0 Å². The predicted octanol–water partition coefficient (Wildman–Crippen LogP) is -0.455. The third-order valence-corrected chi connectivity index (χ3v) is 2.50. The van der Waals surface area contributed by atoms with E-state index in [1.807, 2.05) is 5.01 Å². The van der Waals surface area contributed by atoms with Crippen LogP contribution in [-0.4, -0.2) is 55.4 Å². The van der Waals surface area contributed by atoms with Gasteiger partial charge in [-0.1, -0.05) is 6.42 Å². The van der Waals surface area contributed by atoms with Crippen LogP contribution in [-0.2, 0) is 9.59 Å². The Kier molecular flexibility index (Phi) is 5.28. The van der Waals surface area contributed by atoms with Crippen LogP contribution in [0.5, 0.6) is 0 Å². The summed E-state index contributed by atoms with van der Waals surface area (Å²) in [5, 5.41) is 6.25. The van der Waals surface area contributed by atoms with Gasteiger partial charge in [-0.3, -0.25) is 14.6 Å². The van der Waals surface area contributed by atoms with Crippen molar-refractivity contribution in [3.63, 3.8) is 0 Å². The minimum Gasteiger partial charge on any atom is -0.311 e. The highest BCUT2D eigenvalue weighted by Gasteiger charge is 2.22. The van der Waals surface area contributed by atoms with Crippen molar-refractivity contribution in [2.45, 2.75) is 19.3 Å². The third kappa shape index (κ3) is 3.60. The molecule has 1 N–H and O–H groups in total. The minimum atomic E-state index is -0.0669. The van der Waals surface area contributed by atoms with E-state index in [2.05, 4.69) is 5.32 Å². The van der Waals surface area contributed by atoms with Crippen LogP contribution < -0.4 is 5.32 Å². The molecule has 0 aromatic carbocycles. The number of amides is 1. The zero-order valence-electron chi connectivity index (χ0n) is 9.16. The number of hydrogen-bond acceptors (Lipinski definition) is 4. The van der Waals surface area contributed by atoms with E-state index in [4.69, 9.17) is 0 Å². The van der Waals surface area contributed by atoms with Crippen molar-refractivity contribution in [3.8, 4) is 0 Å². The van der Waals surface area contributed by atoms with Crippen LogP contribution in [0.2, 0.25) is 0 Å². The summed E-state index contributed by atoms with van der Waals surface area (Å²) in [6.45, 7) is 2.02. The molecule has 5 nitrogen and oxygen atoms in total. The number of hydrazine groups is 1. The second kappa shape index (κ2) is 6.53. The topological polar surface area (TPSA) is 52.7 Å². The maximum atomic E-state index is 11.7. The van der Waals surface area contributed by atoms with Gasteiger partial charge in [0.1, 0.15) is 6.54 Å². The molecule has 1 aliphatic rings. The maximum Gasteiger partial charge on any atom is 0.251 e. The van der Waals surface area contributed by atoms with Crippen molar-refractivity contribution in [2.75, 3.05) is 33.2 Å². The van der Waals surface area contributed by atoms with Crippen molar-refractivity contribution in [1.82, 2.24) is 15.3 Å². The Bertz CT molecular complexity index is 215. The monoisotopic (exact) mass is 212 g/mol. The number of nitrogens with one attached hydrogen (secondary N) is 1. The van der Waals surface area contributed by atoms with Crippen LogP contribution >= 0.6 is 0 Å². The number of carbonyl (C=O) groups excluding carboxylic acids is 2. The summed E-state index contributed by atoms with van der Waals surface area (Å²) < 4.78 is 0. The number of carbonyl (C=O) groups is 1. The van der Waals surface area contributed by atoms with Crippen LogP contribution in [0.15, 0.2) is 0 Å². The summed E-state index contributed by atoms with van der Waals surface area (Å²) in [5.74, 6) is -0.0669. The lowest BCUT2D eigenvalue weighted by Gasteiger charge is -2.36. The standard InChI is InChI=1S/C10H18N3O2/c1-11-9-10(15)13(7-8-14)12-5-3-2-4-6-12/h11H,2-7,9H2,1H3. The predicted molar refractivity (Wildman–Crippen MR) is 56.8 cm³/mol. The summed E-state index contributed by atoms with van der Waals surface area (Å²) in [4.78, 5) is 22.1. The average Bonchev–Trinajstić information content (AvgIpc) is 2.27. The molecular formula is C10H18N3O2. The first kappa shape index (κ1) is 12.1. The molecule has 0 saturated carbocycles. The summed E-state index contributed by atoms with van der Waals surface area (Å²) in [7, 11) is 1.72. The molecule has 1 saturated heterocycles. The van der Waals surface area contributed by atoms with E-state index < -0.39 is 0 Å². The zero-order chi connectivity index (χ0) is 11.1. The molecule has 1 amide bonds. The summed E-state index contributed by atoms with van der Waals surface area (Å²) in [6, 6.07) is 0. The third-order valence-electron chi connectivity index (χ3n) is 2.50. The van der Waals surface area contributed by atoms with Crippen LogP contribution in [0.3, 0.4) is 0 Å². The van der Waals surface area contributed by atoms with Crippen LogP contribution in [0.1, 0.15) is 19.3 Å². The van der Waals surface area contributed by atoms with Gasteiger partial charge in [-0.25, -0.2) is 5.01 Å². The van der Waals surface area contributed by atoms with E-state index in [-0.39, 0.29) is 19.0 Å². The number of hydrogen-bond donors (Lipinski definition) is 1. The highest BCUT2D eigenvalue weighted by Crippen LogP contribution is 2.11. The molecule has 0 spiro atoms. The normalized spacial score (nSPS) is 17.4. The van der Waals surface area contributed by atoms with E-state index in [0.29, 0.717) is 0 Å². The number of piperidine rings is 1. The average molecular weight is 212 g/mol. The smallest absolute Gasteiger partial charge is 0.251 e. The van der Waals surface area contributed by atoms with Crippen molar-refractivity contribution >= 4 is 12.2 Å². The Morgan fingerprint density at radius 3 is 2.60 bits per heavy atom. The highest BCUT2D eigenvalue weighted by atomic mass is 16.2. The van der Waals surface area contributed by atoms with Crippen LogP contribution in [0.4, 0.5) is 0 Å². The minimum absolute atomic E-state index is 0.0422. The van der Waals surface area contributed by atoms with Gasteiger partial charge in [-0.2, -0.15) is 0 Å². The summed E-state index contributed by atoms with van der Waals surface area (Å²) in [5.41, 5.74) is 0. The second-order valence-corrected chi connectivity index (χ2v) is 3.64. The Labute approximate surface area is 90.4 Å². The lowest BCUT2D eigenvalue weighted by atomic mass is 10.2. The fourth-order valence-electron chi connectivity index (χ4n) is 1.77. The first-order chi connectivity index (χ1) is 7.29. The molecular weight excluding hydrogens is 194 g/mol. The van der Waals surface area contributed by atoms with Gasteiger partial charge >= 0.3 is 0 Å². The molecule has 1 heterocycles. The molecule has 1 rings (SSSR count). The summed E-state index contributed by atoms with van der Waals surface area (Å²) >= 11 is 0. The molecule has 1 radical (unpaired) electrons. The molecule has 0 atom stereocenters. The largest absolute Gasteiger partial charge is 0.311 e. The molecule has 0 bridgehead atoms. The molecule has 0 aromatic heterocycles. The Hall–Kier alpha value is -0.940. The van der Waals surface area contributed by atoms with Gasteiger partial charge in [0.2, 0.25) is 6.29 Å². The number of rotatable bonds is 5. The molecule has 85 valence electrons. The van der Waals surface area contributed by atoms with E-state index in [9.17, 15) is 9.59 Å². The number of likely N-dealkylation sites (N-methyl/N-ethyl adjacent to an activating group) is 1. The highest BCUT2D eigenvalue weighted by molar-refractivity contribution is 5.79. The first-order valence-corrected chi connectivity index (χ1v) is 5.34. The zero-order valence-corrected chi connectivity index (χ0v) is 9.16. The lowest BCUT2D eigenvalue weighted by Crippen LogP contribution is -2.51. The van der Waals surface area contributed by atoms with E-state index in [1.54, 1.807) is 13.3 Å². The van der Waals surface area contributed by atoms with E-state index in [1.165, 1.54) is 11.4 Å². The molecule has 15 heavy (non-hydrogen) atoms. The van der Waals surface area contributed by atoms with E-state index in [0.717, 1.165) is 25.9 Å². The quantitative estimate of drug-likeness (QED) is 0.670. The van der Waals surface area contributed by atoms with Gasteiger partial charge in [0.25, 0.3) is 5.91 Å². The Balaban J connectivity index is 2.54. The van der Waals surface area contributed by atoms with Gasteiger partial charge in [0.05, 0.1) is 6.54 Å². The van der Waals surface area contributed by atoms with Gasteiger partial charge in [-0.15, -0.1) is 0 Å². The Morgan fingerprint density at radius 1 is 1.40 bits per heavy atom. The summed E-state index contributed by atoms with van der Waals surface area (Å²) in [6.07, 6.45) is 5.16.